The Labute approximate surface area is 265 Å². The number of aliphatic hydroxyl groups excluding tert-OH is 1. The van der Waals surface area contributed by atoms with Crippen LogP contribution >= 0.6 is 23.2 Å². The highest BCUT2D eigenvalue weighted by Crippen LogP contribution is 2.28. The molecule has 2 aromatic rings. The number of carbonyl (C=O) groups excluding carboxylic acids is 3. The first kappa shape index (κ1) is 34.7. The van der Waals surface area contributed by atoms with E-state index in [0.717, 1.165) is 5.56 Å². The Bertz CT molecular complexity index is 1250. The molecule has 2 saturated heterocycles. The normalized spacial score (nSPS) is 22.1. The van der Waals surface area contributed by atoms with Crippen LogP contribution in [0.2, 0.25) is 10.0 Å². The van der Waals surface area contributed by atoms with Crippen molar-refractivity contribution in [2.75, 3.05) is 13.1 Å². The summed E-state index contributed by atoms with van der Waals surface area (Å²) in [6.07, 6.45) is 0.632. The summed E-state index contributed by atoms with van der Waals surface area (Å²) in [4.78, 5) is 40.4. The number of hydrogen-bond donors (Lipinski definition) is 1. The highest BCUT2D eigenvalue weighted by atomic mass is 35.5. The topological polar surface area (TPSA) is 96.4 Å². The molecule has 8 nitrogen and oxygen atoms in total. The van der Waals surface area contributed by atoms with Crippen molar-refractivity contribution in [2.24, 2.45) is 5.92 Å². The van der Waals surface area contributed by atoms with E-state index in [0.29, 0.717) is 48.0 Å². The summed E-state index contributed by atoms with van der Waals surface area (Å²) < 4.78 is 10.8. The van der Waals surface area contributed by atoms with Gasteiger partial charge in [-0.3, -0.25) is 9.69 Å². The molecular formula is C33H44Cl2N2O6. The molecule has 0 unspecified atom stereocenters. The highest BCUT2D eigenvalue weighted by molar-refractivity contribution is 6.30. The van der Waals surface area contributed by atoms with Crippen LogP contribution in [0.4, 0.5) is 9.59 Å². The summed E-state index contributed by atoms with van der Waals surface area (Å²) in [6.45, 7) is 13.9. The van der Waals surface area contributed by atoms with Gasteiger partial charge in [-0.05, 0) is 109 Å². The van der Waals surface area contributed by atoms with Crippen molar-refractivity contribution in [2.45, 2.75) is 97.1 Å². The number of halogens is 2. The van der Waals surface area contributed by atoms with Crippen molar-refractivity contribution < 1.29 is 29.0 Å². The second kappa shape index (κ2) is 14.3. The molecular weight excluding hydrogens is 591 g/mol. The van der Waals surface area contributed by atoms with Gasteiger partial charge in [-0.1, -0.05) is 42.3 Å². The van der Waals surface area contributed by atoms with Gasteiger partial charge in [0, 0.05) is 28.2 Å². The fourth-order valence-electron chi connectivity index (χ4n) is 5.15. The summed E-state index contributed by atoms with van der Waals surface area (Å²) in [7, 11) is 0. The first-order valence-electron chi connectivity index (χ1n) is 14.6. The number of rotatable bonds is 4. The zero-order valence-electron chi connectivity index (χ0n) is 26.1. The summed E-state index contributed by atoms with van der Waals surface area (Å²) in [5, 5.41) is 11.1. The van der Waals surface area contributed by atoms with Gasteiger partial charge in [0.1, 0.15) is 11.2 Å². The van der Waals surface area contributed by atoms with E-state index in [1.807, 2.05) is 72.7 Å². The predicted octanol–water partition coefficient (Wildman–Crippen LogP) is 7.42. The van der Waals surface area contributed by atoms with Crippen LogP contribution in [0.1, 0.15) is 77.2 Å². The second-order valence-electron chi connectivity index (χ2n) is 13.4. The Morgan fingerprint density at radius 2 is 1.28 bits per heavy atom. The number of ether oxygens (including phenoxy) is 2. The van der Waals surface area contributed by atoms with Crippen LogP contribution in [0, 0.1) is 5.92 Å². The van der Waals surface area contributed by atoms with Gasteiger partial charge in [0.15, 0.2) is 5.78 Å². The van der Waals surface area contributed by atoms with E-state index in [2.05, 4.69) is 0 Å². The van der Waals surface area contributed by atoms with Crippen LogP contribution in [-0.2, 0) is 15.9 Å². The molecule has 2 aliphatic heterocycles. The maximum Gasteiger partial charge on any atom is 0.410 e. The minimum Gasteiger partial charge on any atom is -0.444 e. The number of hydrogen-bond acceptors (Lipinski definition) is 6. The van der Waals surface area contributed by atoms with Gasteiger partial charge in [0.05, 0.1) is 18.7 Å². The van der Waals surface area contributed by atoms with Gasteiger partial charge < -0.3 is 19.5 Å². The van der Waals surface area contributed by atoms with Crippen LogP contribution < -0.4 is 0 Å². The van der Waals surface area contributed by atoms with E-state index in [-0.39, 0.29) is 23.8 Å². The summed E-state index contributed by atoms with van der Waals surface area (Å²) in [6, 6.07) is 13.8. The van der Waals surface area contributed by atoms with Crippen molar-refractivity contribution in [3.05, 3.63) is 69.7 Å². The van der Waals surface area contributed by atoms with Crippen LogP contribution in [0.3, 0.4) is 0 Å². The molecule has 1 N–H and O–H groups in total. The molecule has 2 fully saturated rings. The smallest absolute Gasteiger partial charge is 0.410 e. The van der Waals surface area contributed by atoms with E-state index in [4.69, 9.17) is 32.7 Å². The van der Waals surface area contributed by atoms with Crippen molar-refractivity contribution in [3.63, 3.8) is 0 Å². The molecule has 236 valence electrons. The number of β-amino-alcohol motifs (C(OH)–C–C–N with tert-alkyl or cyclic N) is 1. The Morgan fingerprint density at radius 1 is 0.791 bits per heavy atom. The molecule has 0 bridgehead atoms. The Hall–Kier alpha value is -2.81. The molecule has 0 aromatic heterocycles. The average Bonchev–Trinajstić information content (AvgIpc) is 3.46. The number of aliphatic hydroxyl groups is 1. The van der Waals surface area contributed by atoms with Gasteiger partial charge in [-0.15, -0.1) is 0 Å². The number of Topliss-reactive ketones (excluding diaryl/α,β-unsaturated/α-hetero) is 1. The molecule has 2 aliphatic rings. The van der Waals surface area contributed by atoms with Gasteiger partial charge >= 0.3 is 12.2 Å². The van der Waals surface area contributed by atoms with E-state index < -0.39 is 29.4 Å². The first-order valence-corrected chi connectivity index (χ1v) is 15.4. The van der Waals surface area contributed by atoms with Crippen LogP contribution in [0.15, 0.2) is 48.5 Å². The lowest BCUT2D eigenvalue weighted by atomic mass is 9.99. The van der Waals surface area contributed by atoms with Crippen LogP contribution in [-0.4, -0.2) is 75.4 Å². The third-order valence-electron chi connectivity index (χ3n) is 6.97. The third-order valence-corrected chi connectivity index (χ3v) is 7.48. The van der Waals surface area contributed by atoms with E-state index in [1.54, 1.807) is 34.1 Å². The number of amides is 2. The molecule has 0 radical (unpaired) electrons. The lowest BCUT2D eigenvalue weighted by Gasteiger charge is -2.28. The number of nitrogens with zero attached hydrogens (tertiary/aromatic N) is 2. The molecule has 0 spiro atoms. The Morgan fingerprint density at radius 3 is 1.79 bits per heavy atom. The number of ketones is 1. The molecule has 4 atom stereocenters. The Kier molecular flexibility index (Phi) is 11.5. The first-order chi connectivity index (χ1) is 19.9. The second-order valence-corrected chi connectivity index (χ2v) is 14.2. The van der Waals surface area contributed by atoms with Gasteiger partial charge in [0.25, 0.3) is 0 Å². The van der Waals surface area contributed by atoms with Gasteiger partial charge in [-0.25, -0.2) is 9.59 Å². The third kappa shape index (κ3) is 10.7. The maximum absolute atomic E-state index is 12.7. The fraction of sp³-hybridized carbons (Fsp3) is 0.545. The minimum absolute atomic E-state index is 0.0453. The standard InChI is InChI=1S/C17H22ClNO3.C16H22ClNO3/c1-11-9-14(15(20)12-5-7-13(18)8-6-12)19(10-11)16(21)22-17(2,3)4;1-16(2,3)21-15(20)18-10-14(19)9-13(18)8-11-4-6-12(17)7-5-11/h5-8,11,14H,9-10H2,1-4H3;4-7,13-14,19H,8-10H2,1-3H3/t11-,14-;13-,14+/m10/s1. The van der Waals surface area contributed by atoms with Crippen LogP contribution in [0.5, 0.6) is 0 Å². The number of carbonyl (C=O) groups is 3. The van der Waals surface area contributed by atoms with E-state index in [1.165, 1.54) is 0 Å². The van der Waals surface area contributed by atoms with E-state index >= 15 is 0 Å². The monoisotopic (exact) mass is 634 g/mol. The zero-order valence-corrected chi connectivity index (χ0v) is 27.6. The summed E-state index contributed by atoms with van der Waals surface area (Å²) in [5.41, 5.74) is 0.552. The summed E-state index contributed by atoms with van der Waals surface area (Å²) >= 11 is 11.7. The Balaban J connectivity index is 0.000000236. The minimum atomic E-state index is -0.573. The molecule has 0 aliphatic carbocycles. The average molecular weight is 636 g/mol. The molecule has 43 heavy (non-hydrogen) atoms. The van der Waals surface area contributed by atoms with E-state index in [9.17, 15) is 19.5 Å². The largest absolute Gasteiger partial charge is 0.444 e. The lowest BCUT2D eigenvalue weighted by molar-refractivity contribution is 0.0204. The molecule has 2 aromatic carbocycles. The zero-order chi connectivity index (χ0) is 32.1. The SMILES string of the molecule is CC(C)(C)OC(=O)N1C[C@H](O)C[C@@H]1Cc1ccc(Cl)cc1.C[C@@H]1C[C@H](C(=O)c2ccc(Cl)cc2)N(C(=O)OC(C)(C)C)C1. The van der Waals surface area contributed by atoms with Crippen molar-refractivity contribution in [3.8, 4) is 0 Å². The van der Waals surface area contributed by atoms with Crippen molar-refractivity contribution in [1.82, 2.24) is 9.80 Å². The van der Waals surface area contributed by atoms with Gasteiger partial charge in [-0.2, -0.15) is 0 Å². The fourth-order valence-corrected chi connectivity index (χ4v) is 5.40. The molecule has 10 heteroatoms. The molecule has 2 amide bonds. The number of likely N-dealkylation sites (tertiary alicyclic amines) is 2. The predicted molar refractivity (Wildman–Crippen MR) is 169 cm³/mol. The number of benzene rings is 2. The lowest BCUT2D eigenvalue weighted by Crippen LogP contribution is -2.43. The van der Waals surface area contributed by atoms with Crippen LogP contribution in [0.25, 0.3) is 0 Å². The maximum atomic E-state index is 12.7. The van der Waals surface area contributed by atoms with Crippen molar-refractivity contribution >= 4 is 41.2 Å². The molecule has 2 heterocycles. The quantitative estimate of drug-likeness (QED) is 0.352. The van der Waals surface area contributed by atoms with Gasteiger partial charge in [0.2, 0.25) is 0 Å². The molecule has 4 rings (SSSR count). The summed E-state index contributed by atoms with van der Waals surface area (Å²) in [5.74, 6) is 0.209. The van der Waals surface area contributed by atoms with Crippen molar-refractivity contribution in [1.29, 1.82) is 0 Å². The highest BCUT2D eigenvalue weighted by Gasteiger charge is 2.40. The molecule has 0 saturated carbocycles.